The molecule has 5 nitrogen and oxygen atoms in total. The number of carbonyl (C=O) groups excluding carboxylic acids is 2. The van der Waals surface area contributed by atoms with Crippen molar-refractivity contribution in [1.29, 1.82) is 0 Å². The highest BCUT2D eigenvalue weighted by Gasteiger charge is 2.47. The van der Waals surface area contributed by atoms with Gasteiger partial charge in [0.1, 0.15) is 5.60 Å². The largest absolute Gasteiger partial charge is 0.369 e. The van der Waals surface area contributed by atoms with Gasteiger partial charge in [0.25, 0.3) is 0 Å². The molecule has 118 valence electrons. The molecular weight excluding hydrogens is 280 g/mol. The summed E-state index contributed by atoms with van der Waals surface area (Å²) in [5.74, 6) is -1.06. The van der Waals surface area contributed by atoms with E-state index in [1.807, 2.05) is 30.3 Å². The molecule has 5 heteroatoms. The zero-order valence-electron chi connectivity index (χ0n) is 12.6. The molecule has 22 heavy (non-hydrogen) atoms. The van der Waals surface area contributed by atoms with Crippen molar-refractivity contribution in [2.75, 3.05) is 13.2 Å². The second kappa shape index (κ2) is 6.08. The third kappa shape index (κ3) is 2.99. The molecule has 1 saturated heterocycles. The molecule has 3 rings (SSSR count). The molecule has 3 N–H and O–H groups in total. The Morgan fingerprint density at radius 1 is 1.18 bits per heavy atom. The van der Waals surface area contributed by atoms with Crippen molar-refractivity contribution in [1.82, 2.24) is 5.32 Å². The Bertz CT molecular complexity index is 554. The van der Waals surface area contributed by atoms with Gasteiger partial charge in [-0.1, -0.05) is 43.2 Å². The standard InChI is InChI=1S/C17H22N2O3/c18-15(20)13-8-4-5-9-14(13)16(21)19-10-17(11-22-17)12-6-2-1-3-7-12/h1-3,6-7,13-14H,4-5,8-11H2,(H2,18,20)(H,19,21). The zero-order chi connectivity index (χ0) is 15.6. The van der Waals surface area contributed by atoms with E-state index in [0.29, 0.717) is 19.6 Å². The van der Waals surface area contributed by atoms with Gasteiger partial charge in [0.2, 0.25) is 11.8 Å². The zero-order valence-corrected chi connectivity index (χ0v) is 12.6. The van der Waals surface area contributed by atoms with Gasteiger partial charge in [0.15, 0.2) is 0 Å². The van der Waals surface area contributed by atoms with Crippen LogP contribution in [0.1, 0.15) is 31.2 Å². The molecule has 3 atom stereocenters. The van der Waals surface area contributed by atoms with Crippen LogP contribution in [0.5, 0.6) is 0 Å². The van der Waals surface area contributed by atoms with E-state index >= 15 is 0 Å². The number of carbonyl (C=O) groups is 2. The topological polar surface area (TPSA) is 84.7 Å². The molecule has 2 aliphatic rings. The maximum atomic E-state index is 12.4. The molecule has 1 heterocycles. The first kappa shape index (κ1) is 15.0. The van der Waals surface area contributed by atoms with E-state index in [-0.39, 0.29) is 23.7 Å². The Hall–Kier alpha value is -1.88. The summed E-state index contributed by atoms with van der Waals surface area (Å²) in [6.45, 7) is 1.05. The summed E-state index contributed by atoms with van der Waals surface area (Å²) < 4.78 is 5.59. The van der Waals surface area contributed by atoms with Crippen LogP contribution in [0.15, 0.2) is 30.3 Å². The van der Waals surface area contributed by atoms with Crippen LogP contribution < -0.4 is 11.1 Å². The molecule has 2 amide bonds. The van der Waals surface area contributed by atoms with Crippen molar-refractivity contribution in [2.45, 2.75) is 31.3 Å². The molecule has 2 fully saturated rings. The summed E-state index contributed by atoms with van der Waals surface area (Å²) in [6.07, 6.45) is 3.39. The van der Waals surface area contributed by atoms with E-state index in [1.54, 1.807) is 0 Å². The highest BCUT2D eigenvalue weighted by molar-refractivity contribution is 5.87. The molecule has 1 saturated carbocycles. The van der Waals surface area contributed by atoms with Crippen LogP contribution in [0.4, 0.5) is 0 Å². The van der Waals surface area contributed by atoms with Gasteiger partial charge in [-0.3, -0.25) is 9.59 Å². The van der Waals surface area contributed by atoms with Gasteiger partial charge in [-0.05, 0) is 18.4 Å². The molecule has 1 aromatic rings. The Balaban J connectivity index is 1.61. The number of ether oxygens (including phenoxy) is 1. The molecular formula is C17H22N2O3. The van der Waals surface area contributed by atoms with E-state index in [1.165, 1.54) is 0 Å². The molecule has 0 bridgehead atoms. The summed E-state index contributed by atoms with van der Waals surface area (Å²) >= 11 is 0. The number of nitrogens with one attached hydrogen (secondary N) is 1. The smallest absolute Gasteiger partial charge is 0.224 e. The van der Waals surface area contributed by atoms with Crippen LogP contribution in [-0.4, -0.2) is 25.0 Å². The first-order valence-electron chi connectivity index (χ1n) is 7.89. The van der Waals surface area contributed by atoms with E-state index in [4.69, 9.17) is 10.5 Å². The fraction of sp³-hybridized carbons (Fsp3) is 0.529. The molecule has 0 aromatic heterocycles. The average molecular weight is 302 g/mol. The summed E-state index contributed by atoms with van der Waals surface area (Å²) in [4.78, 5) is 24.0. The lowest BCUT2D eigenvalue weighted by Gasteiger charge is -2.28. The van der Waals surface area contributed by atoms with Gasteiger partial charge in [-0.2, -0.15) is 0 Å². The van der Waals surface area contributed by atoms with Crippen molar-refractivity contribution in [2.24, 2.45) is 17.6 Å². The van der Waals surface area contributed by atoms with Crippen LogP contribution in [0, 0.1) is 11.8 Å². The maximum Gasteiger partial charge on any atom is 0.224 e. The van der Waals surface area contributed by atoms with Gasteiger partial charge < -0.3 is 15.8 Å². The van der Waals surface area contributed by atoms with Crippen LogP contribution in [0.25, 0.3) is 0 Å². The molecule has 3 unspecified atom stereocenters. The molecule has 0 spiro atoms. The van der Waals surface area contributed by atoms with E-state index in [2.05, 4.69) is 5.32 Å². The number of primary amides is 1. The van der Waals surface area contributed by atoms with E-state index < -0.39 is 5.60 Å². The lowest BCUT2D eigenvalue weighted by atomic mass is 9.78. The van der Waals surface area contributed by atoms with Crippen LogP contribution in [0.2, 0.25) is 0 Å². The van der Waals surface area contributed by atoms with Crippen LogP contribution in [0.3, 0.4) is 0 Å². The first-order chi connectivity index (χ1) is 10.6. The first-order valence-corrected chi connectivity index (χ1v) is 7.89. The number of epoxide rings is 1. The third-order valence-electron chi connectivity index (χ3n) is 4.81. The van der Waals surface area contributed by atoms with Gasteiger partial charge in [0.05, 0.1) is 13.2 Å². The second-order valence-electron chi connectivity index (χ2n) is 6.27. The van der Waals surface area contributed by atoms with Crippen LogP contribution >= 0.6 is 0 Å². The lowest BCUT2D eigenvalue weighted by Crippen LogP contribution is -2.44. The summed E-state index contributed by atoms with van der Waals surface area (Å²) in [5.41, 5.74) is 6.12. The van der Waals surface area contributed by atoms with Crippen molar-refractivity contribution in [3.05, 3.63) is 35.9 Å². The average Bonchev–Trinajstić information content (AvgIpc) is 3.34. The second-order valence-corrected chi connectivity index (χ2v) is 6.27. The van der Waals surface area contributed by atoms with Gasteiger partial charge >= 0.3 is 0 Å². The normalized spacial score (nSPS) is 30.5. The summed E-state index contributed by atoms with van der Waals surface area (Å²) in [6, 6.07) is 9.89. The number of nitrogens with two attached hydrogens (primary N) is 1. The van der Waals surface area contributed by atoms with Crippen LogP contribution in [-0.2, 0) is 19.9 Å². The van der Waals surface area contributed by atoms with Gasteiger partial charge in [-0.25, -0.2) is 0 Å². The highest BCUT2D eigenvalue weighted by atomic mass is 16.6. The fourth-order valence-electron chi connectivity index (χ4n) is 3.35. The van der Waals surface area contributed by atoms with Crippen molar-refractivity contribution in [3.63, 3.8) is 0 Å². The minimum Gasteiger partial charge on any atom is -0.369 e. The number of amides is 2. The monoisotopic (exact) mass is 302 g/mol. The van der Waals surface area contributed by atoms with Crippen molar-refractivity contribution >= 4 is 11.8 Å². The predicted molar refractivity (Wildman–Crippen MR) is 81.7 cm³/mol. The number of rotatable bonds is 5. The number of hydrogen-bond donors (Lipinski definition) is 2. The Morgan fingerprint density at radius 3 is 2.41 bits per heavy atom. The Kier molecular flexibility index (Phi) is 4.16. The van der Waals surface area contributed by atoms with Crippen molar-refractivity contribution in [3.8, 4) is 0 Å². The van der Waals surface area contributed by atoms with E-state index in [9.17, 15) is 9.59 Å². The lowest BCUT2D eigenvalue weighted by molar-refractivity contribution is -0.135. The summed E-state index contributed by atoms with van der Waals surface area (Å²) in [5, 5.41) is 2.97. The molecule has 1 aliphatic heterocycles. The molecule has 1 aliphatic carbocycles. The van der Waals surface area contributed by atoms with Gasteiger partial charge in [0, 0.05) is 11.8 Å². The molecule has 1 aromatic carbocycles. The minimum absolute atomic E-state index is 0.0747. The minimum atomic E-state index is -0.395. The Labute approximate surface area is 130 Å². The number of hydrogen-bond acceptors (Lipinski definition) is 3. The Morgan fingerprint density at radius 2 is 1.82 bits per heavy atom. The third-order valence-corrected chi connectivity index (χ3v) is 4.81. The summed E-state index contributed by atoms with van der Waals surface area (Å²) in [7, 11) is 0. The van der Waals surface area contributed by atoms with Gasteiger partial charge in [-0.15, -0.1) is 0 Å². The van der Waals surface area contributed by atoms with Crippen molar-refractivity contribution < 1.29 is 14.3 Å². The van der Waals surface area contributed by atoms with E-state index in [0.717, 1.165) is 24.8 Å². The highest BCUT2D eigenvalue weighted by Crippen LogP contribution is 2.38. The predicted octanol–water partition coefficient (Wildman–Crippen LogP) is 1.32. The fourth-order valence-corrected chi connectivity index (χ4v) is 3.35. The SMILES string of the molecule is NC(=O)C1CCCCC1C(=O)NCC1(c2ccccc2)CO1. The maximum absolute atomic E-state index is 12.4. The number of benzene rings is 1. The quantitative estimate of drug-likeness (QED) is 0.804. The molecule has 0 radical (unpaired) electrons.